The number of rotatable bonds is 4. The molecule has 3 nitrogen and oxygen atoms in total. The Hall–Kier alpha value is -7.62. The molecule has 0 bridgehead atoms. The van der Waals surface area contributed by atoms with Crippen LogP contribution in [-0.4, -0.2) is 0 Å². The zero-order valence-corrected chi connectivity index (χ0v) is 33.8. The minimum atomic E-state index is -0.438. The molecule has 11 aromatic rings. The van der Waals surface area contributed by atoms with Gasteiger partial charge in [0.15, 0.2) is 0 Å². The summed E-state index contributed by atoms with van der Waals surface area (Å²) < 4.78 is 12.7. The Balaban J connectivity index is 0.977. The lowest BCUT2D eigenvalue weighted by Crippen LogP contribution is -2.40. The maximum Gasteiger partial charge on any atom is 0.137 e. The second-order valence-electron chi connectivity index (χ2n) is 17.2. The van der Waals surface area contributed by atoms with Gasteiger partial charge in [0.1, 0.15) is 22.3 Å². The minimum absolute atomic E-state index is 0.139. The molecule has 0 fully saturated rings. The molecule has 61 heavy (non-hydrogen) atoms. The molecule has 0 aliphatic heterocycles. The Labute approximate surface area is 353 Å². The number of anilines is 3. The molecule has 13 rings (SSSR count). The molecular formula is C58H39NO2. The summed E-state index contributed by atoms with van der Waals surface area (Å²) in [6, 6.07) is 73.1. The van der Waals surface area contributed by atoms with Crippen LogP contribution < -0.4 is 4.90 Å². The average molecular weight is 782 g/mol. The van der Waals surface area contributed by atoms with Crippen molar-refractivity contribution in [2.24, 2.45) is 0 Å². The fraction of sp³-hybridized carbons (Fsp3) is 0.0690. The van der Waals surface area contributed by atoms with E-state index in [1.165, 1.54) is 55.6 Å². The van der Waals surface area contributed by atoms with Gasteiger partial charge in [-0.3, -0.25) is 0 Å². The number of benzene rings is 9. The van der Waals surface area contributed by atoms with Gasteiger partial charge in [0, 0.05) is 50.1 Å². The lowest BCUT2D eigenvalue weighted by atomic mass is 9.55. The van der Waals surface area contributed by atoms with Crippen LogP contribution in [0.1, 0.15) is 47.2 Å². The van der Waals surface area contributed by atoms with Crippen molar-refractivity contribution < 1.29 is 8.83 Å². The fourth-order valence-electron chi connectivity index (χ4n) is 11.0. The van der Waals surface area contributed by atoms with Crippen LogP contribution in [0, 0.1) is 0 Å². The first-order valence-electron chi connectivity index (χ1n) is 21.2. The van der Waals surface area contributed by atoms with Crippen LogP contribution in [0.5, 0.6) is 0 Å². The van der Waals surface area contributed by atoms with E-state index in [0.29, 0.717) is 0 Å². The lowest BCUT2D eigenvalue weighted by molar-refractivity contribution is 0.563. The smallest absolute Gasteiger partial charge is 0.137 e. The van der Waals surface area contributed by atoms with Crippen LogP contribution in [0.4, 0.5) is 17.1 Å². The van der Waals surface area contributed by atoms with Gasteiger partial charge in [-0.25, -0.2) is 0 Å². The van der Waals surface area contributed by atoms with E-state index in [4.69, 9.17) is 8.83 Å². The van der Waals surface area contributed by atoms with Gasteiger partial charge in [0.05, 0.1) is 5.41 Å². The summed E-state index contributed by atoms with van der Waals surface area (Å²) in [4.78, 5) is 2.32. The van der Waals surface area contributed by atoms with Gasteiger partial charge in [0.25, 0.3) is 0 Å². The van der Waals surface area contributed by atoms with Crippen LogP contribution in [-0.2, 0) is 10.8 Å². The van der Waals surface area contributed by atoms with Gasteiger partial charge in [-0.15, -0.1) is 0 Å². The van der Waals surface area contributed by atoms with E-state index >= 15 is 0 Å². The molecule has 288 valence electrons. The topological polar surface area (TPSA) is 29.5 Å². The monoisotopic (exact) mass is 781 g/mol. The Morgan fingerprint density at radius 3 is 1.54 bits per heavy atom. The number of hydrogen-bond donors (Lipinski definition) is 0. The number of hydrogen-bond acceptors (Lipinski definition) is 3. The van der Waals surface area contributed by atoms with Crippen LogP contribution in [0.2, 0.25) is 0 Å². The van der Waals surface area contributed by atoms with Gasteiger partial charge >= 0.3 is 0 Å². The first-order chi connectivity index (χ1) is 30.0. The normalized spacial score (nSPS) is 14.3. The highest BCUT2D eigenvalue weighted by Gasteiger charge is 2.53. The van der Waals surface area contributed by atoms with Crippen molar-refractivity contribution in [1.82, 2.24) is 0 Å². The third-order valence-corrected chi connectivity index (χ3v) is 13.8. The first-order valence-corrected chi connectivity index (χ1v) is 21.2. The summed E-state index contributed by atoms with van der Waals surface area (Å²) in [5.41, 5.74) is 19.2. The van der Waals surface area contributed by atoms with Gasteiger partial charge in [-0.1, -0.05) is 147 Å². The van der Waals surface area contributed by atoms with Crippen LogP contribution in [0.15, 0.2) is 209 Å². The molecule has 9 aromatic carbocycles. The average Bonchev–Trinajstić information content (AvgIpc) is 3.97. The summed E-state index contributed by atoms with van der Waals surface area (Å²) in [5, 5.41) is 4.41. The maximum absolute atomic E-state index is 6.43. The van der Waals surface area contributed by atoms with Crippen molar-refractivity contribution in [2.75, 3.05) is 4.90 Å². The molecule has 2 aliphatic rings. The van der Waals surface area contributed by atoms with Crippen molar-refractivity contribution in [3.8, 4) is 22.3 Å². The summed E-state index contributed by atoms with van der Waals surface area (Å²) in [6.45, 7) is 4.76. The lowest BCUT2D eigenvalue weighted by Gasteiger charge is -2.46. The first kappa shape index (κ1) is 34.3. The van der Waals surface area contributed by atoms with Crippen molar-refractivity contribution in [2.45, 2.75) is 24.7 Å². The zero-order valence-electron chi connectivity index (χ0n) is 33.8. The number of furan rings is 2. The van der Waals surface area contributed by atoms with Crippen LogP contribution >= 0.6 is 0 Å². The molecule has 0 saturated heterocycles. The molecule has 0 N–H and O–H groups in total. The highest BCUT2D eigenvalue weighted by Crippen LogP contribution is 2.62. The third-order valence-electron chi connectivity index (χ3n) is 13.8. The third kappa shape index (κ3) is 4.69. The Morgan fingerprint density at radius 2 is 0.820 bits per heavy atom. The quantitative estimate of drug-likeness (QED) is 0.178. The SMILES string of the molecule is CC1(C)c2ccccc2C2(c3ccccc3-c3ccc(-c4ccc(N(c5ccc6c(c5)oc5ccccc56)c5ccc6oc7ccccc7c6c5)cc4)cc32)c2ccccc21. The number of fused-ring (bicyclic) bond motifs is 15. The summed E-state index contributed by atoms with van der Waals surface area (Å²) in [7, 11) is 0. The highest BCUT2D eigenvalue weighted by atomic mass is 16.3. The van der Waals surface area contributed by atoms with Crippen LogP contribution in [0.25, 0.3) is 66.1 Å². The van der Waals surface area contributed by atoms with E-state index in [9.17, 15) is 0 Å². The van der Waals surface area contributed by atoms with Crippen molar-refractivity contribution in [3.05, 3.63) is 234 Å². The molecule has 0 atom stereocenters. The highest BCUT2D eigenvalue weighted by molar-refractivity contribution is 6.08. The molecule has 3 heteroatoms. The zero-order chi connectivity index (χ0) is 40.5. The molecular weight excluding hydrogens is 743 g/mol. The van der Waals surface area contributed by atoms with E-state index in [1.54, 1.807) is 0 Å². The largest absolute Gasteiger partial charge is 0.456 e. The van der Waals surface area contributed by atoms with Crippen molar-refractivity contribution in [3.63, 3.8) is 0 Å². The van der Waals surface area contributed by atoms with Gasteiger partial charge in [0.2, 0.25) is 0 Å². The molecule has 0 unspecified atom stereocenters. The van der Waals surface area contributed by atoms with Gasteiger partial charge < -0.3 is 13.7 Å². The van der Waals surface area contributed by atoms with E-state index < -0.39 is 5.41 Å². The van der Waals surface area contributed by atoms with Gasteiger partial charge in [-0.2, -0.15) is 0 Å². The summed E-state index contributed by atoms with van der Waals surface area (Å²) in [5.74, 6) is 0. The molecule has 1 spiro atoms. The van der Waals surface area contributed by atoms with E-state index in [0.717, 1.165) is 60.9 Å². The predicted molar refractivity (Wildman–Crippen MR) is 251 cm³/mol. The Kier molecular flexibility index (Phi) is 6.99. The summed E-state index contributed by atoms with van der Waals surface area (Å²) >= 11 is 0. The van der Waals surface area contributed by atoms with E-state index in [1.807, 2.05) is 24.3 Å². The molecule has 0 amide bonds. The summed E-state index contributed by atoms with van der Waals surface area (Å²) in [6.07, 6.45) is 0. The van der Waals surface area contributed by atoms with E-state index in [-0.39, 0.29) is 5.41 Å². The molecule has 0 radical (unpaired) electrons. The standard InChI is InChI=1S/C58H39NO2/c1-57(2)48-17-7-9-19-50(48)58(51-20-10-8-18-49(51)57)47-16-6-3-13-41(47)42-30-25-37(33-52(42)58)36-23-26-38(27-24-36)59(39-29-32-55-46(34-39)44-15-5-12-22-54(44)60-55)40-28-31-45-43-14-4-11-21-53(43)61-56(45)35-40/h3-35H,1-2H3. The minimum Gasteiger partial charge on any atom is -0.456 e. The van der Waals surface area contributed by atoms with Crippen molar-refractivity contribution in [1.29, 1.82) is 0 Å². The molecule has 2 aliphatic carbocycles. The molecule has 2 aromatic heterocycles. The second kappa shape index (κ2) is 12.5. The molecule has 2 heterocycles. The van der Waals surface area contributed by atoms with E-state index in [2.05, 4.69) is 195 Å². The Morgan fingerprint density at radius 1 is 0.328 bits per heavy atom. The van der Waals surface area contributed by atoms with Crippen LogP contribution in [0.3, 0.4) is 0 Å². The van der Waals surface area contributed by atoms with Gasteiger partial charge in [-0.05, 0) is 116 Å². The molecule has 0 saturated carbocycles. The Bertz CT molecular complexity index is 3530. The number of nitrogens with zero attached hydrogens (tertiary/aromatic N) is 1. The number of para-hydroxylation sites is 2. The maximum atomic E-state index is 6.43. The fourth-order valence-corrected chi connectivity index (χ4v) is 11.0. The predicted octanol–water partition coefficient (Wildman–Crippen LogP) is 15.6. The second-order valence-corrected chi connectivity index (χ2v) is 17.2. The van der Waals surface area contributed by atoms with Crippen molar-refractivity contribution >= 4 is 60.9 Å².